The summed E-state index contributed by atoms with van der Waals surface area (Å²) >= 11 is 1.05. The van der Waals surface area contributed by atoms with Gasteiger partial charge in [0, 0.05) is 39.7 Å². The number of nitrogens with one attached hydrogen (secondary N) is 3. The molecule has 0 fully saturated rings. The lowest BCUT2D eigenvalue weighted by Crippen LogP contribution is -2.17. The molecule has 6 aromatic rings. The zero-order valence-electron chi connectivity index (χ0n) is 19.2. The first kappa shape index (κ1) is 22.0. The van der Waals surface area contributed by atoms with Crippen molar-refractivity contribution >= 4 is 44.9 Å². The van der Waals surface area contributed by atoms with Gasteiger partial charge in [-0.1, -0.05) is 13.8 Å². The highest BCUT2D eigenvalue weighted by Gasteiger charge is 2.17. The lowest BCUT2D eigenvalue weighted by Gasteiger charge is -2.08. The molecular formula is C25H19FN8OS. The van der Waals surface area contributed by atoms with E-state index in [1.165, 1.54) is 6.07 Å². The van der Waals surface area contributed by atoms with Crippen LogP contribution >= 0.6 is 11.3 Å². The first-order chi connectivity index (χ1) is 17.5. The van der Waals surface area contributed by atoms with Crippen molar-refractivity contribution in [2.75, 3.05) is 5.32 Å². The number of aromatic nitrogens is 7. The molecular weight excluding hydrogens is 479 g/mol. The van der Waals surface area contributed by atoms with Crippen molar-refractivity contribution in [3.63, 3.8) is 0 Å². The van der Waals surface area contributed by atoms with E-state index >= 15 is 0 Å². The number of halogens is 1. The van der Waals surface area contributed by atoms with Gasteiger partial charge in [-0.3, -0.25) is 24.8 Å². The molecule has 0 aliphatic rings. The second-order valence-electron chi connectivity index (χ2n) is 8.57. The largest absolute Gasteiger partial charge is 0.335 e. The number of hydrogen-bond donors (Lipinski definition) is 3. The molecule has 0 unspecified atom stereocenters. The Balaban J connectivity index is 1.41. The highest BCUT2D eigenvalue weighted by atomic mass is 32.1. The molecule has 6 aromatic heterocycles. The lowest BCUT2D eigenvalue weighted by molar-refractivity contribution is -0.118. The molecule has 0 spiro atoms. The van der Waals surface area contributed by atoms with Gasteiger partial charge < -0.3 is 10.3 Å². The van der Waals surface area contributed by atoms with E-state index in [1.807, 2.05) is 26.0 Å². The molecule has 0 aromatic carbocycles. The Kier molecular flexibility index (Phi) is 5.26. The molecule has 1 amide bonds. The molecule has 0 saturated carbocycles. The van der Waals surface area contributed by atoms with Gasteiger partial charge in [-0.25, -0.2) is 4.98 Å². The van der Waals surface area contributed by atoms with Crippen LogP contribution in [0.1, 0.15) is 13.8 Å². The maximum Gasteiger partial charge on any atom is 0.226 e. The zero-order valence-corrected chi connectivity index (χ0v) is 20.0. The van der Waals surface area contributed by atoms with E-state index in [2.05, 4.69) is 35.5 Å². The number of H-pyrrole nitrogens is 2. The maximum atomic E-state index is 13.6. The van der Waals surface area contributed by atoms with Gasteiger partial charge in [-0.15, -0.1) is 11.3 Å². The van der Waals surface area contributed by atoms with Gasteiger partial charge in [0.1, 0.15) is 11.2 Å². The summed E-state index contributed by atoms with van der Waals surface area (Å²) in [6, 6.07) is 6.89. The highest BCUT2D eigenvalue weighted by molar-refractivity contribution is 7.14. The molecule has 178 valence electrons. The van der Waals surface area contributed by atoms with Crippen LogP contribution in [0.4, 0.5) is 10.1 Å². The zero-order chi connectivity index (χ0) is 24.8. The minimum Gasteiger partial charge on any atom is -0.335 e. The van der Waals surface area contributed by atoms with Crippen molar-refractivity contribution in [3.8, 4) is 33.2 Å². The summed E-state index contributed by atoms with van der Waals surface area (Å²) in [4.78, 5) is 34.0. The van der Waals surface area contributed by atoms with E-state index in [0.717, 1.165) is 43.8 Å². The molecule has 6 rings (SSSR count). The van der Waals surface area contributed by atoms with Gasteiger partial charge in [0.25, 0.3) is 0 Å². The van der Waals surface area contributed by atoms with Crippen molar-refractivity contribution in [1.29, 1.82) is 0 Å². The SMILES string of the molecule is CC(C)C(=O)Nc1cncc(-c2cc3c(-c4nc5c(-c6ccc(F)s6)cncc5[nH]4)n[nH]c3cn2)c1. The fourth-order valence-electron chi connectivity index (χ4n) is 3.87. The first-order valence-electron chi connectivity index (χ1n) is 11.2. The van der Waals surface area contributed by atoms with Crippen molar-refractivity contribution in [3.05, 3.63) is 60.4 Å². The number of rotatable bonds is 5. The third kappa shape index (κ3) is 3.89. The number of aromatic amines is 2. The molecule has 0 atom stereocenters. The van der Waals surface area contributed by atoms with Crippen LogP contribution in [0.15, 0.2) is 55.2 Å². The highest BCUT2D eigenvalue weighted by Crippen LogP contribution is 2.34. The average Bonchev–Trinajstić information content (AvgIpc) is 3.61. The molecule has 0 radical (unpaired) electrons. The Morgan fingerprint density at radius 1 is 1.06 bits per heavy atom. The van der Waals surface area contributed by atoms with Gasteiger partial charge in [0.05, 0.1) is 41.0 Å². The number of hydrogen-bond acceptors (Lipinski definition) is 7. The monoisotopic (exact) mass is 498 g/mol. The third-order valence-electron chi connectivity index (χ3n) is 5.73. The van der Waals surface area contributed by atoms with Gasteiger partial charge in [0.15, 0.2) is 11.0 Å². The molecule has 9 nitrogen and oxygen atoms in total. The number of anilines is 1. The smallest absolute Gasteiger partial charge is 0.226 e. The van der Waals surface area contributed by atoms with E-state index in [-0.39, 0.29) is 17.0 Å². The number of amides is 1. The van der Waals surface area contributed by atoms with Crippen LogP contribution in [0.3, 0.4) is 0 Å². The van der Waals surface area contributed by atoms with E-state index in [9.17, 15) is 9.18 Å². The Morgan fingerprint density at radius 3 is 2.72 bits per heavy atom. The summed E-state index contributed by atoms with van der Waals surface area (Å²) in [5.41, 5.74) is 5.53. The predicted octanol–water partition coefficient (Wildman–Crippen LogP) is 5.42. The quantitative estimate of drug-likeness (QED) is 0.291. The van der Waals surface area contributed by atoms with Crippen LogP contribution in [-0.4, -0.2) is 41.0 Å². The van der Waals surface area contributed by atoms with Crippen LogP contribution in [0.2, 0.25) is 0 Å². The minimum atomic E-state index is -0.265. The summed E-state index contributed by atoms with van der Waals surface area (Å²) in [6.45, 7) is 3.66. The van der Waals surface area contributed by atoms with E-state index < -0.39 is 0 Å². The van der Waals surface area contributed by atoms with Crippen LogP contribution < -0.4 is 5.32 Å². The summed E-state index contributed by atoms with van der Waals surface area (Å²) < 4.78 is 13.6. The average molecular weight is 499 g/mol. The third-order valence-corrected chi connectivity index (χ3v) is 6.64. The number of carbonyl (C=O) groups excluding carboxylic acids is 1. The van der Waals surface area contributed by atoms with E-state index in [1.54, 1.807) is 37.1 Å². The number of pyridine rings is 3. The molecule has 0 saturated heterocycles. The Bertz CT molecular complexity index is 1750. The van der Waals surface area contributed by atoms with Crippen molar-refractivity contribution in [2.45, 2.75) is 13.8 Å². The van der Waals surface area contributed by atoms with Crippen molar-refractivity contribution in [2.24, 2.45) is 5.92 Å². The predicted molar refractivity (Wildman–Crippen MR) is 137 cm³/mol. The van der Waals surface area contributed by atoms with Crippen LogP contribution in [-0.2, 0) is 4.79 Å². The summed E-state index contributed by atoms with van der Waals surface area (Å²) in [5.74, 6) is 0.323. The number of carbonyl (C=O) groups is 1. The van der Waals surface area contributed by atoms with Crippen LogP contribution in [0, 0.1) is 11.0 Å². The topological polar surface area (TPSA) is 125 Å². The number of imidazole rings is 1. The second-order valence-corrected chi connectivity index (χ2v) is 9.60. The Morgan fingerprint density at radius 2 is 1.92 bits per heavy atom. The molecule has 36 heavy (non-hydrogen) atoms. The van der Waals surface area contributed by atoms with E-state index in [4.69, 9.17) is 4.98 Å². The second kappa shape index (κ2) is 8.61. The molecule has 0 bridgehead atoms. The van der Waals surface area contributed by atoms with Gasteiger partial charge >= 0.3 is 0 Å². The summed E-state index contributed by atoms with van der Waals surface area (Å²) in [5, 5.41) is 10.9. The van der Waals surface area contributed by atoms with Gasteiger partial charge in [-0.2, -0.15) is 9.49 Å². The summed E-state index contributed by atoms with van der Waals surface area (Å²) in [6.07, 6.45) is 8.36. The van der Waals surface area contributed by atoms with Crippen molar-refractivity contribution in [1.82, 2.24) is 35.1 Å². The standard InChI is InChI=1S/C25H19FN8OS/c1-12(2)25(35)30-14-5-13(7-27-8-14)17-6-15-18(11-29-17)33-34-23(15)24-31-19-10-28-9-16(22(19)32-24)20-3-4-21(26)36-20/h3-12H,1-2H3,(H,30,35)(H,31,32)(H,33,34). The molecule has 3 N–H and O–H groups in total. The van der Waals surface area contributed by atoms with Gasteiger partial charge in [0.2, 0.25) is 5.91 Å². The fraction of sp³-hybridized carbons (Fsp3) is 0.120. The Hall–Kier alpha value is -4.51. The van der Waals surface area contributed by atoms with Crippen LogP contribution in [0.25, 0.3) is 55.2 Å². The molecule has 0 aliphatic carbocycles. The molecule has 0 aliphatic heterocycles. The van der Waals surface area contributed by atoms with E-state index in [0.29, 0.717) is 28.4 Å². The Labute approximate surface area is 207 Å². The normalized spacial score (nSPS) is 11.6. The van der Waals surface area contributed by atoms with Crippen molar-refractivity contribution < 1.29 is 9.18 Å². The lowest BCUT2D eigenvalue weighted by atomic mass is 10.1. The van der Waals surface area contributed by atoms with Crippen LogP contribution in [0.5, 0.6) is 0 Å². The first-order valence-corrected chi connectivity index (χ1v) is 12.0. The molecule has 11 heteroatoms. The number of nitrogens with zero attached hydrogens (tertiary/aromatic N) is 5. The molecule has 6 heterocycles. The maximum absolute atomic E-state index is 13.6. The summed E-state index contributed by atoms with van der Waals surface area (Å²) in [7, 11) is 0. The van der Waals surface area contributed by atoms with Gasteiger partial charge in [-0.05, 0) is 24.3 Å². The number of thiophene rings is 1. The fourth-order valence-corrected chi connectivity index (χ4v) is 4.62. The minimum absolute atomic E-state index is 0.0847. The number of fused-ring (bicyclic) bond motifs is 2.